The standard InChI is InChI=1S/C21H27N/c1-17(12-15-22-2)21(13-6-3-7-14-21)20-11-10-18-8-4-5-9-19(18)16-20/h4-5,8-11,16,22H,1,3,6-7,12-15H2,2H3. The third kappa shape index (κ3) is 2.83. The molecule has 116 valence electrons. The highest BCUT2D eigenvalue weighted by atomic mass is 14.8. The van der Waals surface area contributed by atoms with Crippen molar-refractivity contribution in [3.8, 4) is 0 Å². The summed E-state index contributed by atoms with van der Waals surface area (Å²) in [4.78, 5) is 0. The van der Waals surface area contributed by atoms with Crippen molar-refractivity contribution in [2.24, 2.45) is 0 Å². The lowest BCUT2D eigenvalue weighted by Gasteiger charge is -2.40. The summed E-state index contributed by atoms with van der Waals surface area (Å²) in [7, 11) is 2.02. The molecule has 1 heteroatoms. The number of hydrogen-bond donors (Lipinski definition) is 1. The first-order valence-corrected chi connectivity index (χ1v) is 8.58. The summed E-state index contributed by atoms with van der Waals surface area (Å²) in [6.45, 7) is 5.53. The Kier molecular flexibility index (Phi) is 4.63. The summed E-state index contributed by atoms with van der Waals surface area (Å²) in [5, 5.41) is 5.96. The quantitative estimate of drug-likeness (QED) is 0.746. The first-order chi connectivity index (χ1) is 10.8. The number of rotatable bonds is 5. The molecule has 1 nitrogen and oxygen atoms in total. The van der Waals surface area contributed by atoms with Crippen LogP contribution in [0.5, 0.6) is 0 Å². The SMILES string of the molecule is C=C(CCNC)C1(c2ccc3ccccc3c2)CCCCC1. The van der Waals surface area contributed by atoms with E-state index in [1.54, 1.807) is 0 Å². The van der Waals surface area contributed by atoms with Gasteiger partial charge in [0.25, 0.3) is 0 Å². The van der Waals surface area contributed by atoms with Crippen molar-refractivity contribution in [1.82, 2.24) is 5.32 Å². The van der Waals surface area contributed by atoms with Crippen LogP contribution in [0.15, 0.2) is 54.6 Å². The van der Waals surface area contributed by atoms with Crippen LogP contribution in [0.4, 0.5) is 0 Å². The predicted octanol–water partition coefficient (Wildman–Crippen LogP) is 5.21. The van der Waals surface area contributed by atoms with E-state index in [0.29, 0.717) is 0 Å². The summed E-state index contributed by atoms with van der Waals surface area (Å²) >= 11 is 0. The second kappa shape index (κ2) is 6.66. The molecule has 0 aliphatic heterocycles. The fourth-order valence-electron chi connectivity index (χ4n) is 4.00. The zero-order valence-electron chi connectivity index (χ0n) is 13.7. The van der Waals surface area contributed by atoms with E-state index >= 15 is 0 Å². The Hall–Kier alpha value is -1.60. The Morgan fingerprint density at radius 2 is 1.77 bits per heavy atom. The Morgan fingerprint density at radius 3 is 2.50 bits per heavy atom. The molecule has 0 amide bonds. The molecule has 3 rings (SSSR count). The van der Waals surface area contributed by atoms with Crippen molar-refractivity contribution in [2.75, 3.05) is 13.6 Å². The van der Waals surface area contributed by atoms with Gasteiger partial charge in [0.05, 0.1) is 0 Å². The summed E-state index contributed by atoms with van der Waals surface area (Å²) in [5.41, 5.74) is 3.09. The third-order valence-corrected chi connectivity index (χ3v) is 5.36. The maximum Gasteiger partial charge on any atom is 0.0159 e. The molecule has 2 aromatic rings. The Morgan fingerprint density at radius 1 is 1.05 bits per heavy atom. The number of nitrogens with one attached hydrogen (secondary N) is 1. The van der Waals surface area contributed by atoms with Crippen molar-refractivity contribution in [3.05, 3.63) is 60.2 Å². The van der Waals surface area contributed by atoms with E-state index in [-0.39, 0.29) is 5.41 Å². The lowest BCUT2D eigenvalue weighted by molar-refractivity contribution is 0.332. The number of hydrogen-bond acceptors (Lipinski definition) is 1. The van der Waals surface area contributed by atoms with Crippen molar-refractivity contribution in [2.45, 2.75) is 43.9 Å². The van der Waals surface area contributed by atoms with Gasteiger partial charge in [-0.05, 0) is 49.2 Å². The molecule has 0 atom stereocenters. The molecular formula is C21H27N. The Bertz CT molecular complexity index is 650. The molecule has 22 heavy (non-hydrogen) atoms. The van der Waals surface area contributed by atoms with E-state index < -0.39 is 0 Å². The molecule has 1 aliphatic rings. The van der Waals surface area contributed by atoms with Crippen LogP contribution in [0, 0.1) is 0 Å². The summed E-state index contributed by atoms with van der Waals surface area (Å²) in [6, 6.07) is 15.7. The van der Waals surface area contributed by atoms with Crippen LogP contribution in [0.25, 0.3) is 10.8 Å². The zero-order valence-corrected chi connectivity index (χ0v) is 13.7. The molecule has 2 aromatic carbocycles. The van der Waals surface area contributed by atoms with Crippen LogP contribution in [0.1, 0.15) is 44.1 Å². The van der Waals surface area contributed by atoms with Crippen LogP contribution >= 0.6 is 0 Å². The van der Waals surface area contributed by atoms with Gasteiger partial charge in [-0.15, -0.1) is 0 Å². The molecule has 0 bridgehead atoms. The normalized spacial score (nSPS) is 17.5. The molecule has 1 saturated carbocycles. The molecule has 0 heterocycles. The van der Waals surface area contributed by atoms with E-state index in [9.17, 15) is 0 Å². The van der Waals surface area contributed by atoms with Gasteiger partial charge in [-0.3, -0.25) is 0 Å². The first kappa shape index (κ1) is 15.3. The molecular weight excluding hydrogens is 266 g/mol. The minimum absolute atomic E-state index is 0.194. The maximum absolute atomic E-state index is 4.50. The summed E-state index contributed by atoms with van der Waals surface area (Å²) in [5.74, 6) is 0. The first-order valence-electron chi connectivity index (χ1n) is 8.58. The van der Waals surface area contributed by atoms with E-state index in [2.05, 4.69) is 54.4 Å². The van der Waals surface area contributed by atoms with Gasteiger partial charge in [-0.25, -0.2) is 0 Å². The topological polar surface area (TPSA) is 12.0 Å². The second-order valence-corrected chi connectivity index (χ2v) is 6.66. The molecule has 0 aromatic heterocycles. The lowest BCUT2D eigenvalue weighted by Crippen LogP contribution is -2.32. The molecule has 1 fully saturated rings. The second-order valence-electron chi connectivity index (χ2n) is 6.66. The van der Waals surface area contributed by atoms with Crippen LogP contribution in [-0.4, -0.2) is 13.6 Å². The number of fused-ring (bicyclic) bond motifs is 1. The zero-order chi connectivity index (χ0) is 15.4. The fraction of sp³-hybridized carbons (Fsp3) is 0.429. The maximum atomic E-state index is 4.50. The van der Waals surface area contributed by atoms with Crippen LogP contribution in [0.3, 0.4) is 0 Å². The number of benzene rings is 2. The van der Waals surface area contributed by atoms with E-state index in [4.69, 9.17) is 0 Å². The van der Waals surface area contributed by atoms with Crippen LogP contribution < -0.4 is 5.32 Å². The van der Waals surface area contributed by atoms with Gasteiger partial charge < -0.3 is 5.32 Å². The van der Waals surface area contributed by atoms with E-state index in [1.807, 2.05) is 7.05 Å². The van der Waals surface area contributed by atoms with Crippen molar-refractivity contribution in [3.63, 3.8) is 0 Å². The van der Waals surface area contributed by atoms with E-state index in [0.717, 1.165) is 13.0 Å². The molecule has 1 aliphatic carbocycles. The predicted molar refractivity (Wildman–Crippen MR) is 96.4 cm³/mol. The van der Waals surface area contributed by atoms with Gasteiger partial charge in [0, 0.05) is 5.41 Å². The molecule has 0 saturated heterocycles. The van der Waals surface area contributed by atoms with Gasteiger partial charge in [0.2, 0.25) is 0 Å². The summed E-state index contributed by atoms with van der Waals surface area (Å²) in [6.07, 6.45) is 7.61. The van der Waals surface area contributed by atoms with E-state index in [1.165, 1.54) is 54.0 Å². The van der Waals surface area contributed by atoms with Crippen LogP contribution in [0.2, 0.25) is 0 Å². The highest BCUT2D eigenvalue weighted by Crippen LogP contribution is 2.46. The van der Waals surface area contributed by atoms with Crippen molar-refractivity contribution in [1.29, 1.82) is 0 Å². The molecule has 1 N–H and O–H groups in total. The minimum Gasteiger partial charge on any atom is -0.319 e. The highest BCUT2D eigenvalue weighted by molar-refractivity contribution is 5.83. The minimum atomic E-state index is 0.194. The summed E-state index contributed by atoms with van der Waals surface area (Å²) < 4.78 is 0. The highest BCUT2D eigenvalue weighted by Gasteiger charge is 2.36. The van der Waals surface area contributed by atoms with Gasteiger partial charge in [-0.2, -0.15) is 0 Å². The average molecular weight is 293 g/mol. The molecule has 0 radical (unpaired) electrons. The van der Waals surface area contributed by atoms with Crippen LogP contribution in [-0.2, 0) is 5.41 Å². The average Bonchev–Trinajstić information content (AvgIpc) is 2.59. The Balaban J connectivity index is 2.01. The van der Waals surface area contributed by atoms with Gasteiger partial charge in [0.15, 0.2) is 0 Å². The van der Waals surface area contributed by atoms with Gasteiger partial charge >= 0.3 is 0 Å². The third-order valence-electron chi connectivity index (χ3n) is 5.36. The van der Waals surface area contributed by atoms with Gasteiger partial charge in [-0.1, -0.05) is 73.9 Å². The van der Waals surface area contributed by atoms with Crippen molar-refractivity contribution < 1.29 is 0 Å². The smallest absolute Gasteiger partial charge is 0.0159 e. The monoisotopic (exact) mass is 293 g/mol. The lowest BCUT2D eigenvalue weighted by atomic mass is 9.64. The van der Waals surface area contributed by atoms with Crippen molar-refractivity contribution >= 4 is 10.8 Å². The van der Waals surface area contributed by atoms with Gasteiger partial charge in [0.1, 0.15) is 0 Å². The largest absolute Gasteiger partial charge is 0.319 e. The molecule has 0 spiro atoms. The Labute approximate surface area is 134 Å². The molecule has 0 unspecified atom stereocenters. The fourth-order valence-corrected chi connectivity index (χ4v) is 4.00.